The van der Waals surface area contributed by atoms with E-state index in [0.717, 1.165) is 12.1 Å². The number of benzene rings is 1. The summed E-state index contributed by atoms with van der Waals surface area (Å²) >= 11 is 0. The van der Waals surface area contributed by atoms with Crippen LogP contribution in [0.2, 0.25) is 0 Å². The molecule has 0 aliphatic carbocycles. The number of likely N-dealkylation sites (tertiary alicyclic amines) is 1. The molecule has 0 spiro atoms. The predicted octanol–water partition coefficient (Wildman–Crippen LogP) is 3.00. The third-order valence-corrected chi connectivity index (χ3v) is 4.29. The van der Waals surface area contributed by atoms with Crippen molar-refractivity contribution in [3.63, 3.8) is 0 Å². The van der Waals surface area contributed by atoms with Crippen LogP contribution in [-0.4, -0.2) is 36.5 Å². The average molecular weight is 288 g/mol. The maximum Gasteiger partial charge on any atom is 0.224 e. The van der Waals surface area contributed by atoms with E-state index >= 15 is 0 Å². The van der Waals surface area contributed by atoms with Crippen molar-refractivity contribution >= 4 is 5.91 Å². The van der Waals surface area contributed by atoms with Crippen molar-refractivity contribution in [1.29, 1.82) is 0 Å². The van der Waals surface area contributed by atoms with E-state index in [1.165, 1.54) is 45.2 Å². The van der Waals surface area contributed by atoms with Gasteiger partial charge in [-0.3, -0.25) is 9.69 Å². The standard InChI is InChI=1S/C18H28N2O/c1-2-3-12-20-13-8-7-11-17(20)15-19-18(21)14-16-9-5-4-6-10-16/h4-6,9-10,17H,2-3,7-8,11-15H2,1H3,(H,19,21). The molecule has 2 rings (SSSR count). The maximum atomic E-state index is 12.0. The normalized spacial score (nSPS) is 19.4. The lowest BCUT2D eigenvalue weighted by Gasteiger charge is -2.35. The van der Waals surface area contributed by atoms with Crippen LogP contribution >= 0.6 is 0 Å². The smallest absolute Gasteiger partial charge is 0.224 e. The Hall–Kier alpha value is -1.35. The second-order valence-corrected chi connectivity index (χ2v) is 6.01. The molecule has 1 amide bonds. The van der Waals surface area contributed by atoms with Crippen molar-refractivity contribution < 1.29 is 4.79 Å². The summed E-state index contributed by atoms with van der Waals surface area (Å²) in [7, 11) is 0. The number of hydrogen-bond donors (Lipinski definition) is 1. The summed E-state index contributed by atoms with van der Waals surface area (Å²) < 4.78 is 0. The topological polar surface area (TPSA) is 32.3 Å². The number of nitrogens with one attached hydrogen (secondary N) is 1. The highest BCUT2D eigenvalue weighted by Crippen LogP contribution is 2.17. The molecule has 1 aromatic rings. The van der Waals surface area contributed by atoms with Crippen LogP contribution in [0.3, 0.4) is 0 Å². The second-order valence-electron chi connectivity index (χ2n) is 6.01. The minimum absolute atomic E-state index is 0.141. The van der Waals surface area contributed by atoms with Crippen molar-refractivity contribution in [2.45, 2.75) is 51.5 Å². The minimum atomic E-state index is 0.141. The van der Waals surface area contributed by atoms with Crippen molar-refractivity contribution in [2.75, 3.05) is 19.6 Å². The third-order valence-electron chi connectivity index (χ3n) is 4.29. The van der Waals surface area contributed by atoms with Gasteiger partial charge in [0, 0.05) is 12.6 Å². The lowest BCUT2D eigenvalue weighted by molar-refractivity contribution is -0.120. The summed E-state index contributed by atoms with van der Waals surface area (Å²) in [6.45, 7) is 5.41. The summed E-state index contributed by atoms with van der Waals surface area (Å²) in [4.78, 5) is 14.6. The summed E-state index contributed by atoms with van der Waals surface area (Å²) in [5.74, 6) is 0.141. The Labute approximate surface area is 128 Å². The number of hydrogen-bond acceptors (Lipinski definition) is 2. The van der Waals surface area contributed by atoms with Gasteiger partial charge in [-0.05, 0) is 37.9 Å². The third kappa shape index (κ3) is 5.50. The zero-order valence-corrected chi connectivity index (χ0v) is 13.2. The van der Waals surface area contributed by atoms with Gasteiger partial charge in [0.2, 0.25) is 5.91 Å². The van der Waals surface area contributed by atoms with E-state index in [1.807, 2.05) is 30.3 Å². The number of carbonyl (C=O) groups excluding carboxylic acids is 1. The zero-order valence-electron chi connectivity index (χ0n) is 13.2. The van der Waals surface area contributed by atoms with Crippen LogP contribution in [0.15, 0.2) is 30.3 Å². The van der Waals surface area contributed by atoms with Crippen LogP contribution in [0.1, 0.15) is 44.6 Å². The number of nitrogens with zero attached hydrogens (tertiary/aromatic N) is 1. The fourth-order valence-corrected chi connectivity index (χ4v) is 3.02. The van der Waals surface area contributed by atoms with Gasteiger partial charge in [0.15, 0.2) is 0 Å². The Kier molecular flexibility index (Phi) is 6.74. The van der Waals surface area contributed by atoms with E-state index in [0.29, 0.717) is 12.5 Å². The predicted molar refractivity (Wildman–Crippen MR) is 87.3 cm³/mol. The van der Waals surface area contributed by atoms with Crippen molar-refractivity contribution in [3.05, 3.63) is 35.9 Å². The molecule has 1 aromatic carbocycles. The Bertz CT molecular complexity index is 418. The van der Waals surface area contributed by atoms with Gasteiger partial charge in [-0.15, -0.1) is 0 Å². The Morgan fingerprint density at radius 2 is 2.10 bits per heavy atom. The Morgan fingerprint density at radius 3 is 2.86 bits per heavy atom. The molecule has 1 fully saturated rings. The molecule has 1 heterocycles. The molecule has 1 saturated heterocycles. The molecule has 3 heteroatoms. The zero-order chi connectivity index (χ0) is 14.9. The minimum Gasteiger partial charge on any atom is -0.354 e. The first-order valence-corrected chi connectivity index (χ1v) is 8.34. The highest BCUT2D eigenvalue weighted by molar-refractivity contribution is 5.78. The van der Waals surface area contributed by atoms with Gasteiger partial charge in [0.05, 0.1) is 6.42 Å². The first-order chi connectivity index (χ1) is 10.3. The van der Waals surface area contributed by atoms with E-state index in [1.54, 1.807) is 0 Å². The second kappa shape index (κ2) is 8.83. The lowest BCUT2D eigenvalue weighted by atomic mass is 10.0. The number of carbonyl (C=O) groups is 1. The quantitative estimate of drug-likeness (QED) is 0.836. The molecule has 21 heavy (non-hydrogen) atoms. The molecule has 3 nitrogen and oxygen atoms in total. The molecule has 1 atom stereocenters. The molecule has 1 aliphatic rings. The van der Waals surface area contributed by atoms with Gasteiger partial charge in [-0.2, -0.15) is 0 Å². The van der Waals surface area contributed by atoms with Gasteiger partial charge in [0.1, 0.15) is 0 Å². The molecule has 1 aliphatic heterocycles. The van der Waals surface area contributed by atoms with Gasteiger partial charge in [-0.25, -0.2) is 0 Å². The van der Waals surface area contributed by atoms with Crippen LogP contribution in [0, 0.1) is 0 Å². The van der Waals surface area contributed by atoms with E-state index < -0.39 is 0 Å². The fourth-order valence-electron chi connectivity index (χ4n) is 3.02. The molecule has 0 bridgehead atoms. The highest BCUT2D eigenvalue weighted by atomic mass is 16.1. The van der Waals surface area contributed by atoms with E-state index in [-0.39, 0.29) is 5.91 Å². The summed E-state index contributed by atoms with van der Waals surface area (Å²) in [6, 6.07) is 10.5. The number of unbranched alkanes of at least 4 members (excludes halogenated alkanes) is 1. The van der Waals surface area contributed by atoms with Gasteiger partial charge in [0.25, 0.3) is 0 Å². The summed E-state index contributed by atoms with van der Waals surface area (Å²) in [6.07, 6.45) is 6.80. The van der Waals surface area contributed by atoms with Crippen molar-refractivity contribution in [2.24, 2.45) is 0 Å². The first kappa shape index (κ1) is 16.0. The van der Waals surface area contributed by atoms with Gasteiger partial charge >= 0.3 is 0 Å². The Balaban J connectivity index is 1.76. The van der Waals surface area contributed by atoms with E-state index in [4.69, 9.17) is 0 Å². The number of amides is 1. The molecule has 0 radical (unpaired) electrons. The lowest BCUT2D eigenvalue weighted by Crippen LogP contribution is -2.47. The summed E-state index contributed by atoms with van der Waals surface area (Å²) in [5.41, 5.74) is 1.08. The van der Waals surface area contributed by atoms with Crippen LogP contribution in [-0.2, 0) is 11.2 Å². The maximum absolute atomic E-state index is 12.0. The van der Waals surface area contributed by atoms with Crippen LogP contribution < -0.4 is 5.32 Å². The Morgan fingerprint density at radius 1 is 1.29 bits per heavy atom. The number of rotatable bonds is 7. The van der Waals surface area contributed by atoms with Crippen molar-refractivity contribution in [1.82, 2.24) is 10.2 Å². The summed E-state index contributed by atoms with van der Waals surface area (Å²) in [5, 5.41) is 3.13. The molecular weight excluding hydrogens is 260 g/mol. The molecule has 1 unspecified atom stereocenters. The van der Waals surface area contributed by atoms with Crippen LogP contribution in [0.5, 0.6) is 0 Å². The van der Waals surface area contributed by atoms with E-state index in [9.17, 15) is 4.79 Å². The molecule has 0 aromatic heterocycles. The molecular formula is C18H28N2O. The molecule has 0 saturated carbocycles. The monoisotopic (exact) mass is 288 g/mol. The van der Waals surface area contributed by atoms with Crippen LogP contribution in [0.25, 0.3) is 0 Å². The van der Waals surface area contributed by atoms with E-state index in [2.05, 4.69) is 17.1 Å². The highest BCUT2D eigenvalue weighted by Gasteiger charge is 2.22. The van der Waals surface area contributed by atoms with Gasteiger partial charge in [-0.1, -0.05) is 50.1 Å². The average Bonchev–Trinajstić information content (AvgIpc) is 2.52. The first-order valence-electron chi connectivity index (χ1n) is 8.34. The van der Waals surface area contributed by atoms with Crippen molar-refractivity contribution in [3.8, 4) is 0 Å². The number of piperidine rings is 1. The fraction of sp³-hybridized carbons (Fsp3) is 0.611. The molecule has 1 N–H and O–H groups in total. The molecule has 116 valence electrons. The SMILES string of the molecule is CCCCN1CCCCC1CNC(=O)Cc1ccccc1. The van der Waals surface area contributed by atoms with Gasteiger partial charge < -0.3 is 5.32 Å². The van der Waals surface area contributed by atoms with Crippen LogP contribution in [0.4, 0.5) is 0 Å². The largest absolute Gasteiger partial charge is 0.354 e.